The summed E-state index contributed by atoms with van der Waals surface area (Å²) in [7, 11) is -2.86. The zero-order valence-corrected chi connectivity index (χ0v) is 21.3. The van der Waals surface area contributed by atoms with Crippen LogP contribution in [0.15, 0.2) is 101 Å². The molecule has 0 spiro atoms. The van der Waals surface area contributed by atoms with Crippen LogP contribution in [0, 0.1) is 13.8 Å². The summed E-state index contributed by atoms with van der Waals surface area (Å²) in [5, 5.41) is 1.57. The molecule has 0 aliphatic carbocycles. The van der Waals surface area contributed by atoms with Crippen LogP contribution in [0.4, 0.5) is 5.69 Å². The number of benzene rings is 3. The second kappa shape index (κ2) is 9.18. The highest BCUT2D eigenvalue weighted by molar-refractivity contribution is 7.93. The molecule has 0 aliphatic rings. The number of aryl methyl sites for hydroxylation is 1. The summed E-state index contributed by atoms with van der Waals surface area (Å²) < 4.78 is 31.8. The monoisotopic (exact) mass is 512 g/mol. The number of aromatic nitrogens is 3. The number of carbonyl (C=O) groups excluding carboxylic acids is 1. The zero-order valence-electron chi connectivity index (χ0n) is 20.5. The third-order valence-corrected chi connectivity index (χ3v) is 8.00. The molecular formula is C28H24N4O4S. The van der Waals surface area contributed by atoms with Gasteiger partial charge in [-0.15, -0.1) is 0 Å². The number of nitrogens with zero attached hydrogens (tertiary/aromatic N) is 4. The minimum absolute atomic E-state index is 0.0383. The van der Waals surface area contributed by atoms with Crippen molar-refractivity contribution in [3.05, 3.63) is 118 Å². The number of sulfonamides is 1. The average molecular weight is 513 g/mol. The first-order valence-electron chi connectivity index (χ1n) is 11.5. The summed E-state index contributed by atoms with van der Waals surface area (Å²) in [6.45, 7) is 3.56. The van der Waals surface area contributed by atoms with Crippen LogP contribution in [0.2, 0.25) is 0 Å². The Labute approximate surface area is 214 Å². The summed E-state index contributed by atoms with van der Waals surface area (Å²) in [4.78, 5) is 31.4. The number of hydrogen-bond donors (Lipinski definition) is 0. The number of hydrogen-bond acceptors (Lipinski definition) is 5. The Morgan fingerprint density at radius 3 is 2.30 bits per heavy atom. The van der Waals surface area contributed by atoms with E-state index in [4.69, 9.17) is 0 Å². The first-order chi connectivity index (χ1) is 17.7. The van der Waals surface area contributed by atoms with Crippen LogP contribution in [0.3, 0.4) is 0 Å². The molecule has 0 bridgehead atoms. The predicted octanol–water partition coefficient (Wildman–Crippen LogP) is 4.38. The molecule has 0 saturated heterocycles. The number of anilines is 1. The van der Waals surface area contributed by atoms with Gasteiger partial charge in [-0.3, -0.25) is 19.3 Å². The van der Waals surface area contributed by atoms with Crippen molar-refractivity contribution in [2.45, 2.75) is 18.7 Å². The van der Waals surface area contributed by atoms with Crippen molar-refractivity contribution in [2.75, 3.05) is 4.31 Å². The largest absolute Gasteiger partial charge is 0.296 e. The second-order valence-corrected chi connectivity index (χ2v) is 10.5. The Balaban J connectivity index is 1.77. The number of fused-ring (bicyclic) bond motifs is 1. The van der Waals surface area contributed by atoms with E-state index in [0.29, 0.717) is 21.1 Å². The molecule has 2 aromatic heterocycles. The number of rotatable bonds is 5. The van der Waals surface area contributed by atoms with E-state index in [0.717, 1.165) is 10.9 Å². The van der Waals surface area contributed by atoms with E-state index in [1.54, 1.807) is 44.3 Å². The van der Waals surface area contributed by atoms with Crippen LogP contribution in [-0.4, -0.2) is 28.7 Å². The quantitative estimate of drug-likeness (QED) is 0.348. The summed E-state index contributed by atoms with van der Waals surface area (Å²) in [5.41, 5.74) is 1.05. The van der Waals surface area contributed by atoms with E-state index in [9.17, 15) is 18.0 Å². The highest BCUT2D eigenvalue weighted by Crippen LogP contribution is 2.29. The van der Waals surface area contributed by atoms with Crippen molar-refractivity contribution in [1.29, 1.82) is 0 Å². The van der Waals surface area contributed by atoms with Gasteiger partial charge in [-0.2, -0.15) is 4.31 Å². The highest BCUT2D eigenvalue weighted by Gasteiger charge is 2.37. The summed E-state index contributed by atoms with van der Waals surface area (Å²) in [6, 6.07) is 22.2. The maximum atomic E-state index is 14.1. The van der Waals surface area contributed by atoms with E-state index in [2.05, 4.69) is 4.98 Å². The maximum absolute atomic E-state index is 14.1. The molecule has 0 radical (unpaired) electrons. The smallest absolute Gasteiger partial charge is 0.283 e. The number of para-hydroxylation sites is 1. The van der Waals surface area contributed by atoms with Gasteiger partial charge < -0.3 is 0 Å². The van der Waals surface area contributed by atoms with Gasteiger partial charge in [0.2, 0.25) is 0 Å². The Bertz CT molecular complexity index is 1810. The second-order valence-electron chi connectivity index (χ2n) is 8.74. The summed E-state index contributed by atoms with van der Waals surface area (Å²) in [5.74, 6) is -0.872. The van der Waals surface area contributed by atoms with Gasteiger partial charge in [-0.25, -0.2) is 13.1 Å². The van der Waals surface area contributed by atoms with Gasteiger partial charge in [-0.05, 0) is 61.0 Å². The molecular weight excluding hydrogens is 488 g/mol. The third-order valence-electron chi connectivity index (χ3n) is 6.33. The molecule has 9 heteroatoms. The molecule has 0 aliphatic heterocycles. The lowest BCUT2D eigenvalue weighted by Gasteiger charge is -2.22. The fourth-order valence-corrected chi connectivity index (χ4v) is 5.84. The van der Waals surface area contributed by atoms with Gasteiger partial charge in [0.25, 0.3) is 21.5 Å². The number of carbonyl (C=O) groups is 1. The van der Waals surface area contributed by atoms with Crippen molar-refractivity contribution < 1.29 is 13.2 Å². The molecule has 186 valence electrons. The van der Waals surface area contributed by atoms with E-state index in [-0.39, 0.29) is 16.1 Å². The Hall–Kier alpha value is -4.50. The van der Waals surface area contributed by atoms with Crippen molar-refractivity contribution >= 4 is 32.4 Å². The molecule has 0 unspecified atom stereocenters. The Morgan fingerprint density at radius 1 is 0.892 bits per heavy atom. The van der Waals surface area contributed by atoms with Crippen LogP contribution in [0.5, 0.6) is 0 Å². The molecule has 5 rings (SSSR count). The maximum Gasteiger partial charge on any atom is 0.296 e. The van der Waals surface area contributed by atoms with Gasteiger partial charge in [0.05, 0.1) is 21.8 Å². The minimum atomic E-state index is -4.50. The molecule has 2 heterocycles. The SMILES string of the molecule is Cc1ccc2cc(S(=O)(=O)N(C(=O)c3cccnc3)c3c(C)n(C)n(-c4ccccc4)c3=O)ccc2c1. The lowest BCUT2D eigenvalue weighted by atomic mass is 10.1. The topological polar surface area (TPSA) is 94.3 Å². The highest BCUT2D eigenvalue weighted by atomic mass is 32.2. The van der Waals surface area contributed by atoms with E-state index >= 15 is 0 Å². The Morgan fingerprint density at radius 2 is 1.59 bits per heavy atom. The van der Waals surface area contributed by atoms with Crippen molar-refractivity contribution in [1.82, 2.24) is 14.3 Å². The normalized spacial score (nSPS) is 11.5. The minimum Gasteiger partial charge on any atom is -0.283 e. The van der Waals surface area contributed by atoms with Crippen molar-refractivity contribution in [3.8, 4) is 5.69 Å². The van der Waals surface area contributed by atoms with Gasteiger partial charge in [0, 0.05) is 19.4 Å². The molecule has 0 saturated carbocycles. The van der Waals surface area contributed by atoms with Crippen LogP contribution >= 0.6 is 0 Å². The molecule has 5 aromatic rings. The van der Waals surface area contributed by atoms with E-state index in [1.165, 1.54) is 46.0 Å². The molecule has 0 fully saturated rings. The Kier molecular flexibility index (Phi) is 6.01. The van der Waals surface area contributed by atoms with Crippen molar-refractivity contribution in [2.24, 2.45) is 7.05 Å². The average Bonchev–Trinajstić information content (AvgIpc) is 3.12. The van der Waals surface area contributed by atoms with Crippen LogP contribution in [-0.2, 0) is 17.1 Å². The molecule has 8 nitrogen and oxygen atoms in total. The fraction of sp³-hybridized carbons (Fsp3) is 0.107. The van der Waals surface area contributed by atoms with Crippen LogP contribution in [0.1, 0.15) is 21.6 Å². The first-order valence-corrected chi connectivity index (χ1v) is 13.0. The number of pyridine rings is 1. The molecule has 3 aromatic carbocycles. The van der Waals surface area contributed by atoms with E-state index in [1.807, 2.05) is 31.2 Å². The van der Waals surface area contributed by atoms with Gasteiger partial charge in [0.15, 0.2) is 0 Å². The summed E-state index contributed by atoms with van der Waals surface area (Å²) >= 11 is 0. The lowest BCUT2D eigenvalue weighted by Crippen LogP contribution is -2.40. The fourth-order valence-electron chi connectivity index (χ4n) is 4.33. The standard InChI is InChI=1S/C28H24N4O4S/c1-19-11-12-22-17-25(14-13-21(22)16-19)37(35,36)32(27(33)23-8-7-15-29-18-23)26-20(2)30(3)31(28(26)34)24-9-5-4-6-10-24/h4-18H,1-3H3. The third kappa shape index (κ3) is 4.13. The lowest BCUT2D eigenvalue weighted by molar-refractivity contribution is 0.100. The molecule has 0 atom stereocenters. The van der Waals surface area contributed by atoms with E-state index < -0.39 is 21.5 Å². The van der Waals surface area contributed by atoms with Gasteiger partial charge in [-0.1, -0.05) is 48.0 Å². The first kappa shape index (κ1) is 24.2. The van der Waals surface area contributed by atoms with Crippen molar-refractivity contribution in [3.63, 3.8) is 0 Å². The summed E-state index contributed by atoms with van der Waals surface area (Å²) in [6.07, 6.45) is 2.76. The predicted molar refractivity (Wildman–Crippen MR) is 143 cm³/mol. The van der Waals surface area contributed by atoms with Gasteiger partial charge in [0.1, 0.15) is 5.69 Å². The van der Waals surface area contributed by atoms with Crippen LogP contribution in [0.25, 0.3) is 16.5 Å². The van der Waals surface area contributed by atoms with Crippen LogP contribution < -0.4 is 9.86 Å². The molecule has 1 amide bonds. The van der Waals surface area contributed by atoms with Gasteiger partial charge >= 0.3 is 0 Å². The molecule has 0 N–H and O–H groups in total. The molecule has 37 heavy (non-hydrogen) atoms. The zero-order chi connectivity index (χ0) is 26.3. The number of amides is 1.